The Hall–Kier alpha value is -0.0400. The zero-order valence-corrected chi connectivity index (χ0v) is 8.45. The van der Waals surface area contributed by atoms with Crippen LogP contribution in [0.5, 0.6) is 0 Å². The summed E-state index contributed by atoms with van der Waals surface area (Å²) < 4.78 is 0. The van der Waals surface area contributed by atoms with Gasteiger partial charge in [0.1, 0.15) is 0 Å². The van der Waals surface area contributed by atoms with Gasteiger partial charge in [0.15, 0.2) is 0 Å². The first-order valence-corrected chi connectivity index (χ1v) is 4.35. The molecule has 69 valence electrons. The molecule has 0 aromatic carbocycles. The van der Waals surface area contributed by atoms with E-state index in [9.17, 15) is 0 Å². The molecule has 11 heavy (non-hydrogen) atoms. The highest BCUT2D eigenvalue weighted by molar-refractivity contribution is 4.60. The fourth-order valence-electron chi connectivity index (χ4n) is 1.01. The first-order chi connectivity index (χ1) is 4.56. The van der Waals surface area contributed by atoms with Crippen LogP contribution in [0.1, 0.15) is 52.9 Å². The minimum atomic E-state index is 0. The minimum absolute atomic E-state index is 0. The Morgan fingerprint density at radius 1 is 1.00 bits per heavy atom. The molecule has 0 heterocycles. The lowest BCUT2D eigenvalue weighted by Crippen LogP contribution is -2.03. The van der Waals surface area contributed by atoms with Gasteiger partial charge in [-0.05, 0) is 11.8 Å². The van der Waals surface area contributed by atoms with Gasteiger partial charge in [0.2, 0.25) is 0 Å². The molecule has 0 saturated heterocycles. The molecule has 0 aromatic heterocycles. The Bertz CT molecular complexity index is 71.4. The molecule has 0 amide bonds. The van der Waals surface area contributed by atoms with Gasteiger partial charge in [0.05, 0.1) is 0 Å². The van der Waals surface area contributed by atoms with E-state index in [0.29, 0.717) is 5.41 Å². The Morgan fingerprint density at radius 3 is 1.91 bits per heavy atom. The number of hydrogen-bond acceptors (Lipinski definition) is 1. The Kier molecular flexibility index (Phi) is 8.20. The topological polar surface area (TPSA) is 35.0 Å². The highest BCUT2D eigenvalue weighted by Crippen LogP contribution is 2.22. The number of rotatable bonds is 4. The lowest BCUT2D eigenvalue weighted by molar-refractivity contribution is 0.358. The third-order valence-electron chi connectivity index (χ3n) is 1.68. The average Bonchev–Trinajstić information content (AvgIpc) is 1.78. The highest BCUT2D eigenvalue weighted by Gasteiger charge is 2.08. The van der Waals surface area contributed by atoms with Crippen molar-refractivity contribution in [2.24, 2.45) is 5.41 Å². The fourth-order valence-corrected chi connectivity index (χ4v) is 1.01. The largest absolute Gasteiger partial charge is 0.344 e. The van der Waals surface area contributed by atoms with E-state index in [0.717, 1.165) is 6.42 Å². The first-order valence-electron chi connectivity index (χ1n) is 4.35. The van der Waals surface area contributed by atoms with Crippen LogP contribution in [-0.2, 0) is 0 Å². The van der Waals surface area contributed by atoms with Crippen LogP contribution in [0.15, 0.2) is 0 Å². The van der Waals surface area contributed by atoms with Gasteiger partial charge in [-0.1, -0.05) is 53.4 Å². The average molecular weight is 158 g/mol. The lowest BCUT2D eigenvalue weighted by Gasteiger charge is -2.17. The predicted octanol–water partition coefficient (Wildman–Crippen LogP) is 3.98. The molecule has 1 heteroatoms. The maximum atomic E-state index is 3.82. The van der Waals surface area contributed by atoms with Gasteiger partial charge in [0.25, 0.3) is 0 Å². The molecule has 0 aliphatic rings. The van der Waals surface area contributed by atoms with Crippen molar-refractivity contribution in [3.8, 4) is 0 Å². The highest BCUT2D eigenvalue weighted by atomic mass is 14.1. The van der Waals surface area contributed by atoms with Crippen LogP contribution in [0.3, 0.4) is 0 Å². The van der Waals surface area contributed by atoms with Crippen molar-refractivity contribution in [2.75, 3.05) is 0 Å². The van der Waals surface area contributed by atoms with Crippen molar-refractivity contribution in [2.45, 2.75) is 52.9 Å². The normalized spacial score (nSPS) is 10.9. The van der Waals surface area contributed by atoms with E-state index in [-0.39, 0.29) is 6.15 Å². The van der Waals surface area contributed by atoms with Crippen LogP contribution < -0.4 is 6.15 Å². The van der Waals surface area contributed by atoms with Crippen LogP contribution >= 0.6 is 0 Å². The second-order valence-electron chi connectivity index (χ2n) is 4.22. The summed E-state index contributed by atoms with van der Waals surface area (Å²) in [6, 6.07) is 0. The van der Waals surface area contributed by atoms with Gasteiger partial charge in [0, 0.05) is 0 Å². The van der Waals surface area contributed by atoms with E-state index in [2.05, 4.69) is 27.7 Å². The maximum Gasteiger partial charge on any atom is -0.0383 e. The summed E-state index contributed by atoms with van der Waals surface area (Å²) in [7, 11) is 0. The van der Waals surface area contributed by atoms with Crippen molar-refractivity contribution < 1.29 is 0 Å². The van der Waals surface area contributed by atoms with Gasteiger partial charge < -0.3 is 6.15 Å². The Morgan fingerprint density at radius 2 is 1.55 bits per heavy atom. The third-order valence-corrected chi connectivity index (χ3v) is 1.68. The van der Waals surface area contributed by atoms with Gasteiger partial charge in [-0.3, -0.25) is 0 Å². The smallest absolute Gasteiger partial charge is 0.0383 e. The quantitative estimate of drug-likeness (QED) is 0.617. The molecule has 0 aliphatic carbocycles. The van der Waals surface area contributed by atoms with Gasteiger partial charge >= 0.3 is 0 Å². The fraction of sp³-hybridized carbons (Fsp3) is 0.900. The molecular weight excluding hydrogens is 134 g/mol. The predicted molar refractivity (Wildman–Crippen MR) is 52.9 cm³/mol. The lowest BCUT2D eigenvalue weighted by atomic mass is 9.89. The van der Waals surface area contributed by atoms with Crippen molar-refractivity contribution in [1.29, 1.82) is 0 Å². The molecule has 1 nitrogen and oxygen atoms in total. The monoisotopic (exact) mass is 158 g/mol. The summed E-state index contributed by atoms with van der Waals surface area (Å²) in [6.07, 6.45) is 6.49. The Balaban J connectivity index is 0. The van der Waals surface area contributed by atoms with E-state index >= 15 is 0 Å². The molecular formula is C10H24N. The summed E-state index contributed by atoms with van der Waals surface area (Å²) in [4.78, 5) is 0. The molecule has 0 atom stereocenters. The van der Waals surface area contributed by atoms with Crippen LogP contribution in [0.4, 0.5) is 0 Å². The molecule has 0 fully saturated rings. The van der Waals surface area contributed by atoms with Gasteiger partial charge in [-0.15, -0.1) is 0 Å². The van der Waals surface area contributed by atoms with Crippen LogP contribution in [0.2, 0.25) is 0 Å². The van der Waals surface area contributed by atoms with Gasteiger partial charge in [-0.2, -0.15) is 0 Å². The summed E-state index contributed by atoms with van der Waals surface area (Å²) in [5.74, 6) is 0. The van der Waals surface area contributed by atoms with E-state index in [1.54, 1.807) is 0 Å². The second kappa shape index (κ2) is 6.66. The summed E-state index contributed by atoms with van der Waals surface area (Å²) >= 11 is 0. The first kappa shape index (κ1) is 13.5. The van der Waals surface area contributed by atoms with Crippen molar-refractivity contribution >= 4 is 0 Å². The SMILES string of the molecule is N.[CH2]CCCCCC(C)(C)C. The summed E-state index contributed by atoms with van der Waals surface area (Å²) in [6.45, 7) is 10.7. The van der Waals surface area contributed by atoms with Gasteiger partial charge in [-0.25, -0.2) is 0 Å². The zero-order chi connectivity index (χ0) is 8.04. The molecule has 3 N–H and O–H groups in total. The minimum Gasteiger partial charge on any atom is -0.344 e. The van der Waals surface area contributed by atoms with Crippen molar-refractivity contribution in [1.82, 2.24) is 6.15 Å². The van der Waals surface area contributed by atoms with E-state index in [1.165, 1.54) is 25.7 Å². The van der Waals surface area contributed by atoms with Crippen molar-refractivity contribution in [3.05, 3.63) is 6.92 Å². The molecule has 0 saturated carbocycles. The van der Waals surface area contributed by atoms with Crippen LogP contribution in [0.25, 0.3) is 0 Å². The molecule has 0 bridgehead atoms. The van der Waals surface area contributed by atoms with Crippen molar-refractivity contribution in [3.63, 3.8) is 0 Å². The molecule has 0 rings (SSSR count). The third kappa shape index (κ3) is 13.0. The van der Waals surface area contributed by atoms with E-state index in [1.807, 2.05) is 0 Å². The van der Waals surface area contributed by atoms with E-state index in [4.69, 9.17) is 0 Å². The summed E-state index contributed by atoms with van der Waals surface area (Å²) in [5, 5.41) is 0. The summed E-state index contributed by atoms with van der Waals surface area (Å²) in [5.41, 5.74) is 0.529. The number of unbranched alkanes of at least 4 members (excludes halogenated alkanes) is 3. The molecule has 0 spiro atoms. The molecule has 0 aliphatic heterocycles. The Labute approximate surface area is 72.2 Å². The maximum absolute atomic E-state index is 3.82. The molecule has 0 unspecified atom stereocenters. The van der Waals surface area contributed by atoms with E-state index < -0.39 is 0 Å². The second-order valence-corrected chi connectivity index (χ2v) is 4.22. The molecule has 0 aromatic rings. The number of hydrogen-bond donors (Lipinski definition) is 1. The van der Waals surface area contributed by atoms with Crippen LogP contribution in [-0.4, -0.2) is 0 Å². The van der Waals surface area contributed by atoms with Crippen LogP contribution in [0, 0.1) is 12.3 Å². The molecule has 1 radical (unpaired) electrons. The standard InChI is InChI=1S/C10H21.H3N/c1-5-6-7-8-9-10(2,3)4;/h1,5-9H2,2-4H3;1H3. The zero-order valence-electron chi connectivity index (χ0n) is 8.45.